The first kappa shape index (κ1) is 14.3. The highest BCUT2D eigenvalue weighted by Gasteiger charge is 2.22. The van der Waals surface area contributed by atoms with E-state index in [1.54, 1.807) is 30.3 Å². The van der Waals surface area contributed by atoms with E-state index in [-0.39, 0.29) is 11.8 Å². The minimum Gasteiger partial charge on any atom is -0.348 e. The monoisotopic (exact) mass is 295 g/mol. The molecule has 2 aromatic rings. The summed E-state index contributed by atoms with van der Waals surface area (Å²) >= 11 is 0. The summed E-state index contributed by atoms with van der Waals surface area (Å²) in [7, 11) is 0. The number of carbonyl (C=O) groups excluding carboxylic acids is 2. The van der Waals surface area contributed by atoms with E-state index in [0.29, 0.717) is 18.7 Å². The Bertz CT molecular complexity index is 713. The fourth-order valence-corrected chi connectivity index (χ4v) is 2.66. The van der Waals surface area contributed by atoms with E-state index < -0.39 is 0 Å². The number of hydrogen-bond donors (Lipinski definition) is 1. The number of pyridine rings is 1. The third kappa shape index (κ3) is 2.83. The van der Waals surface area contributed by atoms with Crippen molar-refractivity contribution >= 4 is 17.5 Å². The minimum atomic E-state index is -0.110. The van der Waals surface area contributed by atoms with Crippen LogP contribution in [0.4, 0.5) is 5.69 Å². The van der Waals surface area contributed by atoms with Crippen LogP contribution in [-0.2, 0) is 17.8 Å². The molecule has 2 heterocycles. The number of anilines is 1. The molecule has 3 rings (SSSR count). The first-order valence-electron chi connectivity index (χ1n) is 7.23. The van der Waals surface area contributed by atoms with Gasteiger partial charge in [-0.3, -0.25) is 14.6 Å². The average Bonchev–Trinajstić information content (AvgIpc) is 2.97. The first-order chi connectivity index (χ1) is 10.6. The van der Waals surface area contributed by atoms with Gasteiger partial charge in [-0.15, -0.1) is 0 Å². The van der Waals surface area contributed by atoms with Gasteiger partial charge in [-0.25, -0.2) is 0 Å². The molecule has 0 aliphatic carbocycles. The summed E-state index contributed by atoms with van der Waals surface area (Å²) in [5.41, 5.74) is 3.59. The van der Waals surface area contributed by atoms with Crippen molar-refractivity contribution in [2.75, 3.05) is 11.4 Å². The molecular weight excluding hydrogens is 278 g/mol. The van der Waals surface area contributed by atoms with Crippen molar-refractivity contribution in [3.05, 3.63) is 59.4 Å². The molecule has 0 fully saturated rings. The normalized spacial score (nSPS) is 12.9. The molecule has 0 saturated heterocycles. The molecule has 0 spiro atoms. The van der Waals surface area contributed by atoms with Crippen molar-refractivity contribution in [2.45, 2.75) is 19.9 Å². The first-order valence-corrected chi connectivity index (χ1v) is 7.23. The summed E-state index contributed by atoms with van der Waals surface area (Å²) in [6.45, 7) is 2.72. The summed E-state index contributed by atoms with van der Waals surface area (Å²) in [5.74, 6) is -0.0745. The van der Waals surface area contributed by atoms with Crippen molar-refractivity contribution in [1.82, 2.24) is 10.3 Å². The third-order valence-electron chi connectivity index (χ3n) is 3.82. The Hall–Kier alpha value is -2.69. The van der Waals surface area contributed by atoms with Crippen molar-refractivity contribution in [2.24, 2.45) is 0 Å². The SMILES string of the molecule is CC(=O)N1CCc2cc(C(=O)NCc3ccncc3)ccc21. The Labute approximate surface area is 129 Å². The van der Waals surface area contributed by atoms with Gasteiger partial charge < -0.3 is 10.2 Å². The smallest absolute Gasteiger partial charge is 0.251 e. The second-order valence-corrected chi connectivity index (χ2v) is 5.30. The zero-order chi connectivity index (χ0) is 15.5. The quantitative estimate of drug-likeness (QED) is 0.941. The number of carbonyl (C=O) groups is 2. The molecule has 2 amide bonds. The van der Waals surface area contributed by atoms with Crippen LogP contribution in [-0.4, -0.2) is 23.3 Å². The van der Waals surface area contributed by atoms with E-state index in [9.17, 15) is 9.59 Å². The van der Waals surface area contributed by atoms with Crippen LogP contribution in [0.3, 0.4) is 0 Å². The fraction of sp³-hybridized carbons (Fsp3) is 0.235. The molecule has 0 radical (unpaired) electrons. The van der Waals surface area contributed by atoms with E-state index >= 15 is 0 Å². The molecule has 1 aromatic carbocycles. The number of hydrogen-bond acceptors (Lipinski definition) is 3. The van der Waals surface area contributed by atoms with Crippen LogP contribution in [0.15, 0.2) is 42.7 Å². The van der Waals surface area contributed by atoms with Crippen LogP contribution < -0.4 is 10.2 Å². The molecule has 0 bridgehead atoms. The zero-order valence-electron chi connectivity index (χ0n) is 12.4. The van der Waals surface area contributed by atoms with Crippen LogP contribution >= 0.6 is 0 Å². The molecule has 0 saturated carbocycles. The van der Waals surface area contributed by atoms with Crippen LogP contribution in [0.5, 0.6) is 0 Å². The molecule has 22 heavy (non-hydrogen) atoms. The summed E-state index contributed by atoms with van der Waals surface area (Å²) in [6, 6.07) is 9.23. The summed E-state index contributed by atoms with van der Waals surface area (Å²) in [5, 5.41) is 2.89. The standard InChI is InChI=1S/C17H17N3O2/c1-12(21)20-9-6-14-10-15(2-3-16(14)20)17(22)19-11-13-4-7-18-8-5-13/h2-5,7-8,10H,6,9,11H2,1H3,(H,19,22). The topological polar surface area (TPSA) is 62.3 Å². The van der Waals surface area contributed by atoms with Crippen molar-refractivity contribution in [3.8, 4) is 0 Å². The highest BCUT2D eigenvalue weighted by Crippen LogP contribution is 2.28. The predicted octanol–water partition coefficient (Wildman–Crippen LogP) is 1.92. The maximum absolute atomic E-state index is 12.2. The van der Waals surface area contributed by atoms with E-state index in [1.807, 2.05) is 24.3 Å². The van der Waals surface area contributed by atoms with E-state index in [4.69, 9.17) is 0 Å². The summed E-state index contributed by atoms with van der Waals surface area (Å²) in [6.07, 6.45) is 4.20. The van der Waals surface area contributed by atoms with Gasteiger partial charge in [-0.2, -0.15) is 0 Å². The largest absolute Gasteiger partial charge is 0.348 e. The highest BCUT2D eigenvalue weighted by molar-refractivity contribution is 5.97. The van der Waals surface area contributed by atoms with Gasteiger partial charge in [0, 0.05) is 43.7 Å². The van der Waals surface area contributed by atoms with Crippen molar-refractivity contribution in [3.63, 3.8) is 0 Å². The molecule has 5 nitrogen and oxygen atoms in total. The number of fused-ring (bicyclic) bond motifs is 1. The third-order valence-corrected chi connectivity index (χ3v) is 3.82. The van der Waals surface area contributed by atoms with Gasteiger partial charge in [0.1, 0.15) is 0 Å². The molecule has 1 N–H and O–H groups in total. The molecule has 1 aromatic heterocycles. The Morgan fingerprint density at radius 1 is 1.23 bits per heavy atom. The van der Waals surface area contributed by atoms with E-state index in [2.05, 4.69) is 10.3 Å². The molecule has 0 atom stereocenters. The lowest BCUT2D eigenvalue weighted by Gasteiger charge is -2.14. The van der Waals surface area contributed by atoms with Crippen LogP contribution in [0.2, 0.25) is 0 Å². The van der Waals surface area contributed by atoms with Gasteiger partial charge in [-0.1, -0.05) is 0 Å². The van der Waals surface area contributed by atoms with Crippen LogP contribution in [0.25, 0.3) is 0 Å². The Balaban J connectivity index is 1.71. The molecule has 1 aliphatic rings. The van der Waals surface area contributed by atoms with Crippen LogP contribution in [0.1, 0.15) is 28.4 Å². The number of nitrogens with zero attached hydrogens (tertiary/aromatic N) is 2. The lowest BCUT2D eigenvalue weighted by atomic mass is 10.1. The number of aromatic nitrogens is 1. The molecule has 1 aliphatic heterocycles. The molecular formula is C17H17N3O2. The number of amides is 2. The van der Waals surface area contributed by atoms with Crippen molar-refractivity contribution in [1.29, 1.82) is 0 Å². The fourth-order valence-electron chi connectivity index (χ4n) is 2.66. The highest BCUT2D eigenvalue weighted by atomic mass is 16.2. The van der Waals surface area contributed by atoms with Gasteiger partial charge in [0.05, 0.1) is 0 Å². The Morgan fingerprint density at radius 3 is 2.73 bits per heavy atom. The second-order valence-electron chi connectivity index (χ2n) is 5.30. The van der Waals surface area contributed by atoms with Crippen molar-refractivity contribution < 1.29 is 9.59 Å². The van der Waals surface area contributed by atoms with Crippen LogP contribution in [0, 0.1) is 0 Å². The molecule has 0 unspecified atom stereocenters. The predicted molar refractivity (Wildman–Crippen MR) is 83.6 cm³/mol. The lowest BCUT2D eigenvalue weighted by Crippen LogP contribution is -2.26. The zero-order valence-corrected chi connectivity index (χ0v) is 12.4. The summed E-state index contributed by atoms with van der Waals surface area (Å²) in [4.78, 5) is 29.4. The van der Waals surface area contributed by atoms with Gasteiger partial charge in [0.25, 0.3) is 5.91 Å². The van der Waals surface area contributed by atoms with E-state index in [1.165, 1.54) is 0 Å². The van der Waals surface area contributed by atoms with Gasteiger partial charge >= 0.3 is 0 Å². The van der Waals surface area contributed by atoms with Gasteiger partial charge in [-0.05, 0) is 47.9 Å². The maximum atomic E-state index is 12.2. The van der Waals surface area contributed by atoms with E-state index in [0.717, 1.165) is 23.2 Å². The average molecular weight is 295 g/mol. The van der Waals surface area contributed by atoms with Gasteiger partial charge in [0.2, 0.25) is 5.91 Å². The Kier molecular flexibility index (Phi) is 3.87. The molecule has 5 heteroatoms. The second kappa shape index (κ2) is 5.97. The number of benzene rings is 1. The summed E-state index contributed by atoms with van der Waals surface area (Å²) < 4.78 is 0. The maximum Gasteiger partial charge on any atom is 0.251 e. The minimum absolute atomic E-state index is 0.0358. The lowest BCUT2D eigenvalue weighted by molar-refractivity contribution is -0.116. The number of rotatable bonds is 3. The number of nitrogens with one attached hydrogen (secondary N) is 1. The Morgan fingerprint density at radius 2 is 2.00 bits per heavy atom. The molecule has 112 valence electrons. The van der Waals surface area contributed by atoms with Gasteiger partial charge in [0.15, 0.2) is 0 Å².